The molecule has 1 amide bonds. The Labute approximate surface area is 197 Å². The number of halogens is 1. The van der Waals surface area contributed by atoms with Crippen LogP contribution in [0.1, 0.15) is 70.3 Å². The third kappa shape index (κ3) is 6.96. The van der Waals surface area contributed by atoms with Gasteiger partial charge in [-0.3, -0.25) is 4.79 Å². The Morgan fingerprint density at radius 1 is 1.12 bits per heavy atom. The molecule has 1 fully saturated rings. The molecule has 2 aromatic carbocycles. The molecule has 3 N–H and O–H groups in total. The highest BCUT2D eigenvalue weighted by atomic mass is 35.5. The molecule has 1 aliphatic rings. The van der Waals surface area contributed by atoms with E-state index < -0.39 is 0 Å². The molecule has 0 radical (unpaired) electrons. The molecule has 174 valence electrons. The average Bonchev–Trinajstić information content (AvgIpc) is 2.65. The summed E-state index contributed by atoms with van der Waals surface area (Å²) in [6.45, 7) is 13.7. The standard InChI is InChI=1S/C26H36ClN3O2/c1-17(2)28-16-18-8-7-9-21(12-18)32-23-11-10-19(13-22(23)27)24(31)29-20-14-25(3,4)30-26(5,6)15-20/h7-13,17,20,28,30H,14-16H2,1-6H3,(H,29,31). The lowest BCUT2D eigenvalue weighted by Crippen LogP contribution is -2.62. The zero-order valence-electron chi connectivity index (χ0n) is 20.0. The van der Waals surface area contributed by atoms with Crippen molar-refractivity contribution in [2.45, 2.75) is 84.1 Å². The molecule has 1 aliphatic heterocycles. The second kappa shape index (κ2) is 9.82. The van der Waals surface area contributed by atoms with Crippen LogP contribution in [0.15, 0.2) is 42.5 Å². The number of hydrogen-bond donors (Lipinski definition) is 3. The van der Waals surface area contributed by atoms with Gasteiger partial charge in [-0.25, -0.2) is 0 Å². The lowest BCUT2D eigenvalue weighted by Gasteiger charge is -2.46. The number of carbonyl (C=O) groups is 1. The van der Waals surface area contributed by atoms with Crippen molar-refractivity contribution < 1.29 is 9.53 Å². The fraction of sp³-hybridized carbons (Fsp3) is 0.500. The molecule has 0 saturated carbocycles. The predicted molar refractivity (Wildman–Crippen MR) is 132 cm³/mol. The first kappa shape index (κ1) is 24.6. The molecule has 6 heteroatoms. The summed E-state index contributed by atoms with van der Waals surface area (Å²) >= 11 is 6.47. The van der Waals surface area contributed by atoms with Gasteiger partial charge in [-0.1, -0.05) is 37.6 Å². The maximum Gasteiger partial charge on any atom is 0.251 e. The zero-order chi connectivity index (χ0) is 23.5. The van der Waals surface area contributed by atoms with E-state index in [1.807, 2.05) is 18.2 Å². The molecule has 0 spiro atoms. The first-order valence-corrected chi connectivity index (χ1v) is 11.7. The molecule has 0 aliphatic carbocycles. The number of hydrogen-bond acceptors (Lipinski definition) is 4. The van der Waals surface area contributed by atoms with Crippen molar-refractivity contribution in [1.29, 1.82) is 0 Å². The highest BCUT2D eigenvalue weighted by molar-refractivity contribution is 6.32. The molecule has 2 aromatic rings. The van der Waals surface area contributed by atoms with Crippen LogP contribution in [0.4, 0.5) is 0 Å². The fourth-order valence-electron chi connectivity index (χ4n) is 4.59. The van der Waals surface area contributed by atoms with Crippen molar-refractivity contribution >= 4 is 17.5 Å². The van der Waals surface area contributed by atoms with E-state index in [0.717, 1.165) is 24.9 Å². The van der Waals surface area contributed by atoms with Gasteiger partial charge in [-0.05, 0) is 76.4 Å². The number of benzene rings is 2. The summed E-state index contributed by atoms with van der Waals surface area (Å²) in [7, 11) is 0. The molecule has 0 aromatic heterocycles. The lowest BCUT2D eigenvalue weighted by molar-refractivity contribution is 0.0873. The zero-order valence-corrected chi connectivity index (χ0v) is 20.8. The monoisotopic (exact) mass is 457 g/mol. The topological polar surface area (TPSA) is 62.4 Å². The Bertz CT molecular complexity index is 940. The first-order chi connectivity index (χ1) is 14.9. The molecule has 1 heterocycles. The van der Waals surface area contributed by atoms with Gasteiger partial charge in [0, 0.05) is 35.3 Å². The quantitative estimate of drug-likeness (QED) is 0.501. The summed E-state index contributed by atoms with van der Waals surface area (Å²) in [5.74, 6) is 1.13. The summed E-state index contributed by atoms with van der Waals surface area (Å²) in [4.78, 5) is 12.9. The van der Waals surface area contributed by atoms with E-state index in [0.29, 0.717) is 28.1 Å². The van der Waals surface area contributed by atoms with Crippen LogP contribution in [-0.4, -0.2) is 29.1 Å². The molecule has 0 bridgehead atoms. The van der Waals surface area contributed by atoms with Gasteiger partial charge in [0.05, 0.1) is 5.02 Å². The van der Waals surface area contributed by atoms with Gasteiger partial charge in [0.15, 0.2) is 0 Å². The van der Waals surface area contributed by atoms with Crippen molar-refractivity contribution in [3.63, 3.8) is 0 Å². The Hall–Kier alpha value is -2.08. The van der Waals surface area contributed by atoms with Crippen molar-refractivity contribution in [2.75, 3.05) is 0 Å². The smallest absolute Gasteiger partial charge is 0.251 e. The van der Waals surface area contributed by atoms with E-state index in [4.69, 9.17) is 16.3 Å². The van der Waals surface area contributed by atoms with Gasteiger partial charge in [0.2, 0.25) is 0 Å². The van der Waals surface area contributed by atoms with Crippen LogP contribution in [0.2, 0.25) is 5.02 Å². The Kier molecular flexibility index (Phi) is 7.53. The van der Waals surface area contributed by atoms with Crippen molar-refractivity contribution in [3.05, 3.63) is 58.6 Å². The number of piperidine rings is 1. The highest BCUT2D eigenvalue weighted by Crippen LogP contribution is 2.32. The third-order valence-corrected chi connectivity index (χ3v) is 5.86. The lowest BCUT2D eigenvalue weighted by atomic mass is 9.79. The molecular formula is C26H36ClN3O2. The van der Waals surface area contributed by atoms with Gasteiger partial charge < -0.3 is 20.7 Å². The summed E-state index contributed by atoms with van der Waals surface area (Å²) in [5.41, 5.74) is 1.60. The molecule has 3 rings (SSSR count). The molecule has 5 nitrogen and oxygen atoms in total. The van der Waals surface area contributed by atoms with Crippen LogP contribution >= 0.6 is 11.6 Å². The van der Waals surface area contributed by atoms with Gasteiger partial charge >= 0.3 is 0 Å². The number of carbonyl (C=O) groups excluding carboxylic acids is 1. The number of amides is 1. The van der Waals surface area contributed by atoms with Crippen molar-refractivity contribution in [3.8, 4) is 11.5 Å². The molecule has 32 heavy (non-hydrogen) atoms. The van der Waals surface area contributed by atoms with E-state index in [9.17, 15) is 4.79 Å². The molecule has 0 atom stereocenters. The van der Waals surface area contributed by atoms with E-state index in [2.05, 4.69) is 63.6 Å². The molecule has 1 saturated heterocycles. The second-order valence-corrected chi connectivity index (χ2v) is 10.8. The summed E-state index contributed by atoms with van der Waals surface area (Å²) in [5, 5.41) is 10.6. The van der Waals surface area contributed by atoms with Gasteiger partial charge in [0.1, 0.15) is 11.5 Å². The Morgan fingerprint density at radius 3 is 2.44 bits per heavy atom. The van der Waals surface area contributed by atoms with Gasteiger partial charge in [0.25, 0.3) is 5.91 Å². The highest BCUT2D eigenvalue weighted by Gasteiger charge is 2.38. The van der Waals surface area contributed by atoms with Gasteiger partial charge in [-0.2, -0.15) is 0 Å². The summed E-state index contributed by atoms with van der Waals surface area (Å²) in [6, 6.07) is 13.6. The van der Waals surface area contributed by atoms with Crippen LogP contribution < -0.4 is 20.7 Å². The van der Waals surface area contributed by atoms with Gasteiger partial charge in [-0.15, -0.1) is 0 Å². The Morgan fingerprint density at radius 2 is 1.81 bits per heavy atom. The van der Waals surface area contributed by atoms with Crippen LogP contribution in [0, 0.1) is 0 Å². The number of ether oxygens (including phenoxy) is 1. The molecule has 0 unspecified atom stereocenters. The number of rotatable bonds is 7. The van der Waals surface area contributed by atoms with Crippen molar-refractivity contribution in [2.24, 2.45) is 0 Å². The maximum atomic E-state index is 12.9. The minimum Gasteiger partial charge on any atom is -0.456 e. The first-order valence-electron chi connectivity index (χ1n) is 11.3. The summed E-state index contributed by atoms with van der Waals surface area (Å²) in [6.07, 6.45) is 1.75. The van der Waals surface area contributed by atoms with Crippen LogP contribution in [0.25, 0.3) is 0 Å². The SMILES string of the molecule is CC(C)NCc1cccc(Oc2ccc(C(=O)NC3CC(C)(C)NC(C)(C)C3)cc2Cl)c1. The van der Waals surface area contributed by atoms with E-state index in [1.165, 1.54) is 0 Å². The molecular weight excluding hydrogens is 422 g/mol. The van der Waals surface area contributed by atoms with Crippen LogP contribution in [0.5, 0.6) is 11.5 Å². The average molecular weight is 458 g/mol. The summed E-state index contributed by atoms with van der Waals surface area (Å²) < 4.78 is 6.00. The normalized spacial score (nSPS) is 17.9. The number of nitrogens with one attached hydrogen (secondary N) is 3. The third-order valence-electron chi connectivity index (χ3n) is 5.56. The largest absolute Gasteiger partial charge is 0.456 e. The van der Waals surface area contributed by atoms with Crippen molar-refractivity contribution in [1.82, 2.24) is 16.0 Å². The maximum absolute atomic E-state index is 12.9. The predicted octanol–water partition coefficient (Wildman–Crippen LogP) is 5.67. The fourth-order valence-corrected chi connectivity index (χ4v) is 4.80. The minimum absolute atomic E-state index is 0.0335. The minimum atomic E-state index is -0.112. The second-order valence-electron chi connectivity index (χ2n) is 10.4. The van der Waals surface area contributed by atoms with Crippen LogP contribution in [0.3, 0.4) is 0 Å². The van der Waals surface area contributed by atoms with E-state index >= 15 is 0 Å². The van der Waals surface area contributed by atoms with E-state index in [-0.39, 0.29) is 23.0 Å². The van der Waals surface area contributed by atoms with Crippen LogP contribution in [-0.2, 0) is 6.54 Å². The Balaban J connectivity index is 1.66. The van der Waals surface area contributed by atoms with E-state index in [1.54, 1.807) is 18.2 Å².